The molecule has 0 aromatic rings. The summed E-state index contributed by atoms with van der Waals surface area (Å²) in [6.07, 6.45) is 4.25. The Labute approximate surface area is 121 Å². The predicted molar refractivity (Wildman–Crippen MR) is 81.4 cm³/mol. The fourth-order valence-corrected chi connectivity index (χ4v) is 2.99. The van der Waals surface area contributed by atoms with Crippen molar-refractivity contribution < 1.29 is 13.9 Å². The van der Waals surface area contributed by atoms with Crippen LogP contribution < -0.4 is 0 Å². The highest BCUT2D eigenvalue weighted by Gasteiger charge is 2.20. The first-order chi connectivity index (χ1) is 9.01. The number of hydrogen-bond acceptors (Lipinski definition) is 3. The van der Waals surface area contributed by atoms with Crippen molar-refractivity contribution in [3.8, 4) is 0 Å². The summed E-state index contributed by atoms with van der Waals surface area (Å²) >= 11 is 1.66. The van der Waals surface area contributed by atoms with Gasteiger partial charge in [0.05, 0.1) is 12.3 Å². The Morgan fingerprint density at radius 2 is 1.89 bits per heavy atom. The van der Waals surface area contributed by atoms with Crippen LogP contribution in [0.15, 0.2) is 0 Å². The Balaban J connectivity index is 3.85. The van der Waals surface area contributed by atoms with Gasteiger partial charge in [0.15, 0.2) is 0 Å². The first-order valence-electron chi connectivity index (χ1n) is 7.47. The van der Waals surface area contributed by atoms with Crippen molar-refractivity contribution in [3.63, 3.8) is 0 Å². The quantitative estimate of drug-likeness (QED) is 0.406. The van der Waals surface area contributed by atoms with Crippen LogP contribution in [0.4, 0.5) is 4.39 Å². The fraction of sp³-hybridized carbons (Fsp3) is 0.933. The van der Waals surface area contributed by atoms with E-state index in [2.05, 4.69) is 6.92 Å². The van der Waals surface area contributed by atoms with Crippen molar-refractivity contribution in [2.45, 2.75) is 83.7 Å². The highest BCUT2D eigenvalue weighted by molar-refractivity contribution is 8.00. The lowest BCUT2D eigenvalue weighted by molar-refractivity contribution is -0.146. The van der Waals surface area contributed by atoms with Gasteiger partial charge in [-0.2, -0.15) is 0 Å². The number of ether oxygens (including phenoxy) is 1. The number of thioether (sulfide) groups is 1. The largest absolute Gasteiger partial charge is 0.462 e. The average molecular weight is 292 g/mol. The molecule has 2 unspecified atom stereocenters. The molecule has 0 fully saturated rings. The van der Waals surface area contributed by atoms with E-state index in [1.165, 1.54) is 0 Å². The van der Waals surface area contributed by atoms with Crippen LogP contribution in [0.3, 0.4) is 0 Å². The van der Waals surface area contributed by atoms with Gasteiger partial charge in [0.1, 0.15) is 5.25 Å². The van der Waals surface area contributed by atoms with Crippen LogP contribution in [0.5, 0.6) is 0 Å². The Morgan fingerprint density at radius 3 is 2.42 bits per heavy atom. The van der Waals surface area contributed by atoms with E-state index < -0.39 is 6.17 Å². The molecule has 4 heteroatoms. The van der Waals surface area contributed by atoms with Crippen molar-refractivity contribution in [2.75, 3.05) is 5.75 Å². The van der Waals surface area contributed by atoms with E-state index in [1.54, 1.807) is 11.8 Å². The molecule has 0 spiro atoms. The van der Waals surface area contributed by atoms with E-state index >= 15 is 0 Å². The lowest BCUT2D eigenvalue weighted by Crippen LogP contribution is -2.23. The molecule has 0 aliphatic rings. The van der Waals surface area contributed by atoms with Gasteiger partial charge in [0.25, 0.3) is 0 Å². The van der Waals surface area contributed by atoms with Crippen LogP contribution in [0.1, 0.15) is 66.2 Å². The molecule has 114 valence electrons. The predicted octanol–water partition coefficient (Wildman–Crippen LogP) is 4.76. The van der Waals surface area contributed by atoms with Crippen molar-refractivity contribution in [1.29, 1.82) is 0 Å². The van der Waals surface area contributed by atoms with Gasteiger partial charge in [-0.25, -0.2) is 4.39 Å². The zero-order valence-corrected chi connectivity index (χ0v) is 13.6. The molecule has 0 rings (SSSR count). The normalized spacial score (nSPS) is 14.4. The number of alkyl halides is 1. The molecule has 0 saturated carbocycles. The molecule has 0 saturated heterocycles. The van der Waals surface area contributed by atoms with E-state index in [0.717, 1.165) is 31.4 Å². The van der Waals surface area contributed by atoms with Crippen LogP contribution in [0, 0.1) is 0 Å². The van der Waals surface area contributed by atoms with E-state index in [9.17, 15) is 9.18 Å². The average Bonchev–Trinajstić information content (AvgIpc) is 2.35. The smallest absolute Gasteiger partial charge is 0.319 e. The standard InChI is InChI=1S/C15H29FO2S/c1-5-9-14(15(17)18-12(3)4)19-11-8-7-10-13(16)6-2/h12-14H,5-11H2,1-4H3. The van der Waals surface area contributed by atoms with Gasteiger partial charge < -0.3 is 4.74 Å². The molecule has 0 aromatic carbocycles. The van der Waals surface area contributed by atoms with Crippen molar-refractivity contribution in [2.24, 2.45) is 0 Å². The van der Waals surface area contributed by atoms with Gasteiger partial charge in [0.2, 0.25) is 0 Å². The monoisotopic (exact) mass is 292 g/mol. The molecule has 0 amide bonds. The van der Waals surface area contributed by atoms with Gasteiger partial charge in [0, 0.05) is 0 Å². The van der Waals surface area contributed by atoms with E-state index in [-0.39, 0.29) is 17.3 Å². The summed E-state index contributed by atoms with van der Waals surface area (Å²) in [4.78, 5) is 11.9. The van der Waals surface area contributed by atoms with Crippen molar-refractivity contribution in [3.05, 3.63) is 0 Å². The molecule has 2 atom stereocenters. The summed E-state index contributed by atoms with van der Waals surface area (Å²) in [5.41, 5.74) is 0. The van der Waals surface area contributed by atoms with E-state index in [0.29, 0.717) is 12.8 Å². The van der Waals surface area contributed by atoms with E-state index in [1.807, 2.05) is 20.8 Å². The van der Waals surface area contributed by atoms with Crippen molar-refractivity contribution >= 4 is 17.7 Å². The summed E-state index contributed by atoms with van der Waals surface area (Å²) in [5.74, 6) is 0.813. The zero-order valence-electron chi connectivity index (χ0n) is 12.8. The second kappa shape index (κ2) is 11.6. The van der Waals surface area contributed by atoms with Crippen LogP contribution in [0.2, 0.25) is 0 Å². The molecule has 0 aliphatic carbocycles. The molecule has 19 heavy (non-hydrogen) atoms. The third-order valence-corrected chi connectivity index (χ3v) is 4.19. The van der Waals surface area contributed by atoms with Gasteiger partial charge in [-0.15, -0.1) is 11.8 Å². The Hall–Kier alpha value is -0.250. The number of carbonyl (C=O) groups excluding carboxylic acids is 1. The summed E-state index contributed by atoms with van der Waals surface area (Å²) in [7, 11) is 0. The zero-order chi connectivity index (χ0) is 14.7. The molecule has 0 bridgehead atoms. The summed E-state index contributed by atoms with van der Waals surface area (Å²) in [6.45, 7) is 7.69. The second-order valence-corrected chi connectivity index (χ2v) is 6.45. The molecular weight excluding hydrogens is 263 g/mol. The lowest BCUT2D eigenvalue weighted by Gasteiger charge is -2.16. The first kappa shape index (κ1) is 18.8. The minimum Gasteiger partial charge on any atom is -0.462 e. The SMILES string of the molecule is CCCC(SCCCCC(F)CC)C(=O)OC(C)C. The van der Waals surface area contributed by atoms with Crippen LogP contribution in [0.25, 0.3) is 0 Å². The minimum atomic E-state index is -0.664. The topological polar surface area (TPSA) is 26.3 Å². The summed E-state index contributed by atoms with van der Waals surface area (Å²) in [6, 6.07) is 0. The maximum Gasteiger partial charge on any atom is 0.319 e. The summed E-state index contributed by atoms with van der Waals surface area (Å²) in [5, 5.41) is -0.0558. The summed E-state index contributed by atoms with van der Waals surface area (Å²) < 4.78 is 18.3. The third kappa shape index (κ3) is 10.2. The molecule has 0 radical (unpaired) electrons. The molecule has 0 N–H and O–H groups in total. The highest BCUT2D eigenvalue weighted by Crippen LogP contribution is 2.21. The molecular formula is C15H29FO2S. The molecule has 2 nitrogen and oxygen atoms in total. The Morgan fingerprint density at radius 1 is 1.21 bits per heavy atom. The fourth-order valence-electron chi connectivity index (χ4n) is 1.74. The van der Waals surface area contributed by atoms with Gasteiger partial charge >= 0.3 is 5.97 Å². The molecule has 0 aromatic heterocycles. The van der Waals surface area contributed by atoms with Crippen LogP contribution in [-0.4, -0.2) is 29.2 Å². The lowest BCUT2D eigenvalue weighted by atomic mass is 10.1. The number of unbranched alkanes of at least 4 members (excludes halogenated alkanes) is 1. The Kier molecular flexibility index (Phi) is 11.4. The number of halogens is 1. The van der Waals surface area contributed by atoms with Gasteiger partial charge in [-0.3, -0.25) is 4.79 Å². The second-order valence-electron chi connectivity index (χ2n) is 5.14. The highest BCUT2D eigenvalue weighted by atomic mass is 32.2. The minimum absolute atomic E-state index is 0.0516. The van der Waals surface area contributed by atoms with Gasteiger partial charge in [-0.05, 0) is 51.7 Å². The third-order valence-electron chi connectivity index (χ3n) is 2.84. The maximum atomic E-state index is 13.0. The number of hydrogen-bond donors (Lipinski definition) is 0. The van der Waals surface area contributed by atoms with Crippen LogP contribution in [-0.2, 0) is 9.53 Å². The van der Waals surface area contributed by atoms with Gasteiger partial charge in [-0.1, -0.05) is 20.3 Å². The molecule has 0 heterocycles. The maximum absolute atomic E-state index is 13.0. The van der Waals surface area contributed by atoms with E-state index in [4.69, 9.17) is 4.74 Å². The number of esters is 1. The van der Waals surface area contributed by atoms with Crippen LogP contribution >= 0.6 is 11.8 Å². The number of rotatable bonds is 11. The Bertz CT molecular complexity index is 234. The number of carbonyl (C=O) groups is 1. The molecule has 0 aliphatic heterocycles. The van der Waals surface area contributed by atoms with Crippen molar-refractivity contribution in [1.82, 2.24) is 0 Å². The first-order valence-corrected chi connectivity index (χ1v) is 8.52.